The average Bonchev–Trinajstić information content (AvgIpc) is 2.94. The molecule has 38 heavy (non-hydrogen) atoms. The molecule has 0 aromatic heterocycles. The molecule has 208 valence electrons. The molecule has 0 bridgehead atoms. The minimum Gasteiger partial charge on any atom is -0.341 e. The lowest BCUT2D eigenvalue weighted by molar-refractivity contribution is -0.143. The van der Waals surface area contributed by atoms with Crippen LogP contribution in [0, 0.1) is 0 Å². The molecule has 0 spiro atoms. The number of carbonyl (C=O) groups is 2. The van der Waals surface area contributed by atoms with Gasteiger partial charge in [0.15, 0.2) is 0 Å². The number of amides is 3. The van der Waals surface area contributed by atoms with Crippen molar-refractivity contribution in [1.82, 2.24) is 20.0 Å². The molecule has 2 aromatic rings. The first-order valence-corrected chi connectivity index (χ1v) is 14.5. The summed E-state index contributed by atoms with van der Waals surface area (Å²) in [4.78, 5) is 31.5. The number of likely N-dealkylation sites (N-methyl/N-ethyl adjacent to an activating group) is 1. The third-order valence-corrected chi connectivity index (χ3v) is 7.89. The summed E-state index contributed by atoms with van der Waals surface area (Å²) in [5, 5.41) is 2.77. The predicted octanol–water partition coefficient (Wildman–Crippen LogP) is 5.95. The number of hydrogen-bond donors (Lipinski definition) is 1. The van der Waals surface area contributed by atoms with Crippen LogP contribution in [0.15, 0.2) is 48.5 Å². The largest absolute Gasteiger partial charge is 0.341 e. The Labute approximate surface area is 230 Å². The van der Waals surface area contributed by atoms with Gasteiger partial charge in [0, 0.05) is 39.8 Å². The normalized spacial score (nSPS) is 18.0. The fourth-order valence-electron chi connectivity index (χ4n) is 5.34. The highest BCUT2D eigenvalue weighted by Crippen LogP contribution is 2.24. The number of unbranched alkanes of at least 4 members (excludes halogenated alkanes) is 4. The molecule has 1 heterocycles. The van der Waals surface area contributed by atoms with Crippen LogP contribution in [0.3, 0.4) is 0 Å². The monoisotopic (exact) mass is 520 g/mol. The number of piperazine rings is 1. The smallest absolute Gasteiger partial charge is 0.317 e. The van der Waals surface area contributed by atoms with Gasteiger partial charge in [-0.2, -0.15) is 0 Å². The van der Waals surface area contributed by atoms with Gasteiger partial charge < -0.3 is 15.1 Å². The van der Waals surface area contributed by atoms with Crippen LogP contribution in [0.1, 0.15) is 70.4 Å². The molecule has 1 aliphatic heterocycles. The minimum atomic E-state index is -0.0340. The molecule has 6 heteroatoms. The van der Waals surface area contributed by atoms with Gasteiger partial charge in [-0.05, 0) is 61.1 Å². The van der Waals surface area contributed by atoms with E-state index in [4.69, 9.17) is 0 Å². The summed E-state index contributed by atoms with van der Waals surface area (Å²) < 4.78 is 0. The van der Waals surface area contributed by atoms with Gasteiger partial charge in [0.05, 0.1) is 6.04 Å². The fourth-order valence-corrected chi connectivity index (χ4v) is 5.34. The molecular formula is C32H48N4O2. The highest BCUT2D eigenvalue weighted by molar-refractivity contribution is 5.82. The summed E-state index contributed by atoms with van der Waals surface area (Å²) in [7, 11) is 3.65. The van der Waals surface area contributed by atoms with E-state index in [9.17, 15) is 9.59 Å². The SMILES string of the molecule is CCCCCCN1C[C@H](Cc2ccc(-c3cccc(CN(CCCC)C(=O)NC)c3)cc2)N(C)C(=O)[C@@H]1C. The van der Waals surface area contributed by atoms with Crippen molar-refractivity contribution in [3.05, 3.63) is 59.7 Å². The van der Waals surface area contributed by atoms with E-state index in [2.05, 4.69) is 79.5 Å². The van der Waals surface area contributed by atoms with Gasteiger partial charge in [-0.1, -0.05) is 82.0 Å². The van der Waals surface area contributed by atoms with Crippen LogP contribution in [-0.4, -0.2) is 72.5 Å². The lowest BCUT2D eigenvalue weighted by atomic mass is 9.97. The molecule has 2 atom stereocenters. The Bertz CT molecular complexity index is 1020. The molecule has 0 saturated carbocycles. The molecule has 6 nitrogen and oxygen atoms in total. The Balaban J connectivity index is 1.66. The van der Waals surface area contributed by atoms with Crippen LogP contribution < -0.4 is 5.32 Å². The van der Waals surface area contributed by atoms with Crippen molar-refractivity contribution >= 4 is 11.9 Å². The van der Waals surface area contributed by atoms with Crippen LogP contribution in [0.5, 0.6) is 0 Å². The molecule has 1 saturated heterocycles. The summed E-state index contributed by atoms with van der Waals surface area (Å²) >= 11 is 0. The first-order valence-electron chi connectivity index (χ1n) is 14.5. The first-order chi connectivity index (χ1) is 18.4. The number of carbonyl (C=O) groups excluding carboxylic acids is 2. The molecule has 2 aromatic carbocycles. The van der Waals surface area contributed by atoms with Gasteiger partial charge in [0.1, 0.15) is 0 Å². The van der Waals surface area contributed by atoms with Crippen LogP contribution in [0.25, 0.3) is 11.1 Å². The maximum atomic E-state index is 12.9. The molecule has 0 unspecified atom stereocenters. The number of rotatable bonds is 13. The quantitative estimate of drug-likeness (QED) is 0.332. The van der Waals surface area contributed by atoms with E-state index in [0.29, 0.717) is 6.54 Å². The van der Waals surface area contributed by atoms with Crippen molar-refractivity contribution in [1.29, 1.82) is 0 Å². The molecule has 1 N–H and O–H groups in total. The number of urea groups is 1. The van der Waals surface area contributed by atoms with E-state index >= 15 is 0 Å². The van der Waals surface area contributed by atoms with Crippen LogP contribution in [-0.2, 0) is 17.8 Å². The predicted molar refractivity (Wildman–Crippen MR) is 157 cm³/mol. The zero-order chi connectivity index (χ0) is 27.5. The number of benzene rings is 2. The molecule has 3 rings (SSSR count). The third-order valence-electron chi connectivity index (χ3n) is 7.89. The second-order valence-electron chi connectivity index (χ2n) is 10.8. The number of nitrogens with zero attached hydrogens (tertiary/aromatic N) is 3. The zero-order valence-corrected chi connectivity index (χ0v) is 24.2. The van der Waals surface area contributed by atoms with Crippen molar-refractivity contribution in [2.24, 2.45) is 0 Å². The van der Waals surface area contributed by atoms with E-state index < -0.39 is 0 Å². The standard InChI is InChI=1S/C32H48N4O2/c1-6-8-10-11-20-35-24-30(34(5)31(37)25(35)3)22-26-15-17-28(18-16-26)29-14-12-13-27(21-29)23-36(19-9-7-2)32(38)33-4/h12-18,21,25,30H,6-11,19-20,22-24H2,1-5H3,(H,33,38)/t25-,30-/m0/s1. The van der Waals surface area contributed by atoms with Crippen molar-refractivity contribution in [3.8, 4) is 11.1 Å². The van der Waals surface area contributed by atoms with E-state index in [0.717, 1.165) is 62.0 Å². The molecule has 3 amide bonds. The second kappa shape index (κ2) is 14.9. The third kappa shape index (κ3) is 8.07. The van der Waals surface area contributed by atoms with Crippen molar-refractivity contribution < 1.29 is 9.59 Å². The lowest BCUT2D eigenvalue weighted by Crippen LogP contribution is -2.60. The zero-order valence-electron chi connectivity index (χ0n) is 24.2. The average molecular weight is 521 g/mol. The molecule has 0 radical (unpaired) electrons. The Morgan fingerprint density at radius 2 is 1.71 bits per heavy atom. The van der Waals surface area contributed by atoms with Gasteiger partial charge in [-0.15, -0.1) is 0 Å². The minimum absolute atomic E-state index is 0.0335. The first kappa shape index (κ1) is 29.7. The van der Waals surface area contributed by atoms with Crippen molar-refractivity contribution in [2.75, 3.05) is 33.7 Å². The van der Waals surface area contributed by atoms with Gasteiger partial charge >= 0.3 is 6.03 Å². The Morgan fingerprint density at radius 3 is 2.39 bits per heavy atom. The Kier molecular flexibility index (Phi) is 11.7. The summed E-state index contributed by atoms with van der Waals surface area (Å²) in [5.74, 6) is 0.231. The highest BCUT2D eigenvalue weighted by Gasteiger charge is 2.35. The Hall–Kier alpha value is -2.86. The van der Waals surface area contributed by atoms with Gasteiger partial charge in [-0.25, -0.2) is 4.79 Å². The van der Waals surface area contributed by atoms with Crippen molar-refractivity contribution in [3.63, 3.8) is 0 Å². The second-order valence-corrected chi connectivity index (χ2v) is 10.8. The number of nitrogens with one attached hydrogen (secondary N) is 1. The van der Waals surface area contributed by atoms with Gasteiger partial charge in [0.2, 0.25) is 5.91 Å². The highest BCUT2D eigenvalue weighted by atomic mass is 16.2. The lowest BCUT2D eigenvalue weighted by Gasteiger charge is -2.43. The topological polar surface area (TPSA) is 55.9 Å². The number of hydrogen-bond acceptors (Lipinski definition) is 3. The van der Waals surface area contributed by atoms with E-state index in [1.165, 1.54) is 24.8 Å². The summed E-state index contributed by atoms with van der Waals surface area (Å²) in [5.41, 5.74) is 4.69. The van der Waals surface area contributed by atoms with E-state index in [1.807, 2.05) is 16.8 Å². The Morgan fingerprint density at radius 1 is 0.974 bits per heavy atom. The maximum absolute atomic E-state index is 12.9. The molecule has 1 fully saturated rings. The van der Waals surface area contributed by atoms with Crippen LogP contribution >= 0.6 is 0 Å². The summed E-state index contributed by atoms with van der Waals surface area (Å²) in [6.45, 7) is 9.71. The van der Waals surface area contributed by atoms with E-state index in [1.54, 1.807) is 7.05 Å². The van der Waals surface area contributed by atoms with Crippen molar-refractivity contribution in [2.45, 2.75) is 84.3 Å². The summed E-state index contributed by atoms with van der Waals surface area (Å²) in [6.07, 6.45) is 7.80. The maximum Gasteiger partial charge on any atom is 0.317 e. The van der Waals surface area contributed by atoms with Crippen LogP contribution in [0.4, 0.5) is 4.79 Å². The molecule has 0 aliphatic carbocycles. The molecular weight excluding hydrogens is 472 g/mol. The van der Waals surface area contributed by atoms with Gasteiger partial charge in [-0.3, -0.25) is 9.69 Å². The summed E-state index contributed by atoms with van der Waals surface area (Å²) in [6, 6.07) is 17.3. The van der Waals surface area contributed by atoms with Crippen LogP contribution in [0.2, 0.25) is 0 Å². The van der Waals surface area contributed by atoms with E-state index in [-0.39, 0.29) is 24.0 Å². The molecule has 1 aliphatic rings. The van der Waals surface area contributed by atoms with Gasteiger partial charge in [0.25, 0.3) is 0 Å². The fraction of sp³-hybridized carbons (Fsp3) is 0.562.